The molecule has 2 fully saturated rings. The van der Waals surface area contributed by atoms with Crippen molar-refractivity contribution in [2.45, 2.75) is 25.1 Å². The molecule has 78 valence electrons. The number of carboxylic acid groups (broad SMARTS) is 1. The van der Waals surface area contributed by atoms with Crippen LogP contribution in [0.15, 0.2) is 0 Å². The molecule has 1 amide bonds. The van der Waals surface area contributed by atoms with E-state index in [-0.39, 0.29) is 12.7 Å². The van der Waals surface area contributed by atoms with Crippen molar-refractivity contribution >= 4 is 12.1 Å². The first-order valence-corrected chi connectivity index (χ1v) is 4.62. The zero-order chi connectivity index (χ0) is 10.1. The Labute approximate surface area is 80.8 Å². The Hall–Kier alpha value is -1.30. The number of ether oxygens (including phenoxy) is 1. The molecule has 2 N–H and O–H groups in total. The summed E-state index contributed by atoms with van der Waals surface area (Å²) < 4.78 is 4.70. The first-order chi connectivity index (χ1) is 6.68. The van der Waals surface area contributed by atoms with E-state index in [1.165, 1.54) is 4.90 Å². The number of nitrogens with zero attached hydrogens (tertiary/aromatic N) is 1. The standard InChI is InChI=1S/C8H12N2O4/c11-7(12)5-4-10(8(13)14-5)6-2-1-3-9-6/h5-6,9H,1-4H2,(H,11,12)/t5-,6?/m1/s1. The molecule has 6 nitrogen and oxygen atoms in total. The molecule has 0 aliphatic carbocycles. The highest BCUT2D eigenvalue weighted by Crippen LogP contribution is 2.18. The number of carbonyl (C=O) groups is 2. The molecule has 1 unspecified atom stereocenters. The van der Waals surface area contributed by atoms with E-state index in [1.807, 2.05) is 0 Å². The van der Waals surface area contributed by atoms with Crippen LogP contribution in [0.4, 0.5) is 4.79 Å². The van der Waals surface area contributed by atoms with E-state index in [0.29, 0.717) is 0 Å². The number of cyclic esters (lactones) is 1. The molecule has 0 saturated carbocycles. The van der Waals surface area contributed by atoms with E-state index in [9.17, 15) is 9.59 Å². The summed E-state index contributed by atoms with van der Waals surface area (Å²) in [7, 11) is 0. The highest BCUT2D eigenvalue weighted by Gasteiger charge is 2.40. The van der Waals surface area contributed by atoms with Crippen LogP contribution in [-0.2, 0) is 9.53 Å². The zero-order valence-electron chi connectivity index (χ0n) is 7.60. The number of rotatable bonds is 2. The van der Waals surface area contributed by atoms with Crippen molar-refractivity contribution < 1.29 is 19.4 Å². The lowest BCUT2D eigenvalue weighted by molar-refractivity contribution is -0.144. The van der Waals surface area contributed by atoms with Crippen LogP contribution in [0.3, 0.4) is 0 Å². The lowest BCUT2D eigenvalue weighted by Crippen LogP contribution is -2.43. The second kappa shape index (κ2) is 3.45. The highest BCUT2D eigenvalue weighted by molar-refractivity contribution is 5.81. The third-order valence-corrected chi connectivity index (χ3v) is 2.53. The second-order valence-electron chi connectivity index (χ2n) is 3.48. The minimum absolute atomic E-state index is 0.0492. The van der Waals surface area contributed by atoms with Gasteiger partial charge in [0.15, 0.2) is 0 Å². The summed E-state index contributed by atoms with van der Waals surface area (Å²) in [6.45, 7) is 1.01. The van der Waals surface area contributed by atoms with Gasteiger partial charge in [-0.05, 0) is 19.4 Å². The smallest absolute Gasteiger partial charge is 0.412 e. The first kappa shape index (κ1) is 9.26. The number of hydrogen-bond acceptors (Lipinski definition) is 4. The van der Waals surface area contributed by atoms with Crippen LogP contribution in [0.1, 0.15) is 12.8 Å². The maximum atomic E-state index is 11.3. The Morgan fingerprint density at radius 1 is 1.64 bits per heavy atom. The lowest BCUT2D eigenvalue weighted by Gasteiger charge is -2.20. The van der Waals surface area contributed by atoms with Gasteiger partial charge in [0.2, 0.25) is 6.10 Å². The number of carboxylic acids is 1. The molecule has 2 saturated heterocycles. The van der Waals surface area contributed by atoms with Gasteiger partial charge in [-0.2, -0.15) is 0 Å². The summed E-state index contributed by atoms with van der Waals surface area (Å²) in [6, 6.07) is 0. The summed E-state index contributed by atoms with van der Waals surface area (Å²) >= 11 is 0. The summed E-state index contributed by atoms with van der Waals surface area (Å²) in [6.07, 6.45) is 0.279. The number of carbonyl (C=O) groups excluding carboxylic acids is 1. The minimum Gasteiger partial charge on any atom is -0.478 e. The average Bonchev–Trinajstić information content (AvgIpc) is 2.71. The van der Waals surface area contributed by atoms with E-state index in [4.69, 9.17) is 9.84 Å². The second-order valence-corrected chi connectivity index (χ2v) is 3.48. The fraction of sp³-hybridized carbons (Fsp3) is 0.750. The van der Waals surface area contributed by atoms with Gasteiger partial charge in [-0.25, -0.2) is 9.59 Å². The van der Waals surface area contributed by atoms with E-state index >= 15 is 0 Å². The van der Waals surface area contributed by atoms with Crippen LogP contribution < -0.4 is 5.32 Å². The van der Waals surface area contributed by atoms with Crippen molar-refractivity contribution in [2.24, 2.45) is 0 Å². The number of aliphatic carboxylic acids is 1. The van der Waals surface area contributed by atoms with Crippen molar-refractivity contribution in [2.75, 3.05) is 13.1 Å². The average molecular weight is 200 g/mol. The van der Waals surface area contributed by atoms with Gasteiger partial charge in [-0.1, -0.05) is 0 Å². The van der Waals surface area contributed by atoms with Gasteiger partial charge in [-0.3, -0.25) is 10.2 Å². The van der Waals surface area contributed by atoms with Gasteiger partial charge in [0.05, 0.1) is 12.7 Å². The maximum absolute atomic E-state index is 11.3. The van der Waals surface area contributed by atoms with Crippen molar-refractivity contribution in [1.82, 2.24) is 10.2 Å². The first-order valence-electron chi connectivity index (χ1n) is 4.62. The molecule has 0 bridgehead atoms. The fourth-order valence-corrected chi connectivity index (χ4v) is 1.80. The normalized spacial score (nSPS) is 32.0. The van der Waals surface area contributed by atoms with Gasteiger partial charge in [0.1, 0.15) is 0 Å². The molecule has 0 aromatic rings. The molecule has 0 spiro atoms. The Morgan fingerprint density at radius 2 is 2.43 bits per heavy atom. The Morgan fingerprint density at radius 3 is 2.93 bits per heavy atom. The van der Waals surface area contributed by atoms with Gasteiger partial charge in [-0.15, -0.1) is 0 Å². The molecule has 2 aliphatic rings. The monoisotopic (exact) mass is 200 g/mol. The Kier molecular flexibility index (Phi) is 2.28. The van der Waals surface area contributed by atoms with Gasteiger partial charge >= 0.3 is 12.1 Å². The molecule has 0 aromatic carbocycles. The van der Waals surface area contributed by atoms with Gasteiger partial charge < -0.3 is 9.84 Å². The van der Waals surface area contributed by atoms with Crippen molar-refractivity contribution in [1.29, 1.82) is 0 Å². The van der Waals surface area contributed by atoms with Crippen LogP contribution >= 0.6 is 0 Å². The van der Waals surface area contributed by atoms with Crippen molar-refractivity contribution in [3.63, 3.8) is 0 Å². The number of hydrogen-bond donors (Lipinski definition) is 2. The molecule has 2 atom stereocenters. The third-order valence-electron chi connectivity index (χ3n) is 2.53. The molecular weight excluding hydrogens is 188 g/mol. The van der Waals surface area contributed by atoms with Crippen LogP contribution in [0.5, 0.6) is 0 Å². The molecule has 6 heteroatoms. The summed E-state index contributed by atoms with van der Waals surface area (Å²) in [5, 5.41) is 11.8. The SMILES string of the molecule is O=C(O)[C@H]1CN(C2CCCN2)C(=O)O1. The van der Waals surface area contributed by atoms with Crippen LogP contribution in [0, 0.1) is 0 Å². The predicted octanol–water partition coefficient (Wildman–Crippen LogP) is -0.399. The topological polar surface area (TPSA) is 78.9 Å². The fourth-order valence-electron chi connectivity index (χ4n) is 1.80. The summed E-state index contributed by atoms with van der Waals surface area (Å²) in [5.74, 6) is -1.08. The molecule has 14 heavy (non-hydrogen) atoms. The van der Waals surface area contributed by atoms with E-state index in [0.717, 1.165) is 19.4 Å². The summed E-state index contributed by atoms with van der Waals surface area (Å²) in [4.78, 5) is 23.3. The van der Waals surface area contributed by atoms with Crippen molar-refractivity contribution in [3.8, 4) is 0 Å². The zero-order valence-corrected chi connectivity index (χ0v) is 7.60. The Balaban J connectivity index is 2.00. The maximum Gasteiger partial charge on any atom is 0.412 e. The third kappa shape index (κ3) is 1.52. The molecule has 0 aromatic heterocycles. The van der Waals surface area contributed by atoms with Crippen LogP contribution in [0.25, 0.3) is 0 Å². The van der Waals surface area contributed by atoms with E-state index in [1.54, 1.807) is 0 Å². The minimum atomic E-state index is -1.08. The summed E-state index contributed by atoms with van der Waals surface area (Å²) in [5.41, 5.74) is 0. The van der Waals surface area contributed by atoms with Gasteiger partial charge in [0.25, 0.3) is 0 Å². The molecule has 2 rings (SSSR count). The molecule has 0 radical (unpaired) electrons. The van der Waals surface area contributed by atoms with Crippen LogP contribution in [-0.4, -0.2) is 47.4 Å². The van der Waals surface area contributed by atoms with E-state index in [2.05, 4.69) is 5.32 Å². The molecular formula is C8H12N2O4. The number of nitrogens with one attached hydrogen (secondary N) is 1. The highest BCUT2D eigenvalue weighted by atomic mass is 16.6. The van der Waals surface area contributed by atoms with Crippen LogP contribution in [0.2, 0.25) is 0 Å². The largest absolute Gasteiger partial charge is 0.478 e. The Bertz CT molecular complexity index is 262. The van der Waals surface area contributed by atoms with Crippen molar-refractivity contribution in [3.05, 3.63) is 0 Å². The predicted molar refractivity (Wildman–Crippen MR) is 45.6 cm³/mol. The van der Waals surface area contributed by atoms with E-state index < -0.39 is 18.2 Å². The quantitative estimate of drug-likeness (QED) is 0.634. The lowest BCUT2D eigenvalue weighted by atomic mass is 10.3. The molecule has 2 aliphatic heterocycles. The van der Waals surface area contributed by atoms with Gasteiger partial charge in [0, 0.05) is 0 Å². The number of amides is 1. The molecule has 2 heterocycles.